The van der Waals surface area contributed by atoms with E-state index in [0.29, 0.717) is 12.4 Å². The van der Waals surface area contributed by atoms with Crippen LogP contribution in [0.1, 0.15) is 12.5 Å². The summed E-state index contributed by atoms with van der Waals surface area (Å²) in [5.41, 5.74) is 2.76. The molecule has 0 atom stereocenters. The summed E-state index contributed by atoms with van der Waals surface area (Å²) in [6.45, 7) is 2.41. The number of ether oxygens (including phenoxy) is 1. The Morgan fingerprint density at radius 3 is 2.42 bits per heavy atom. The average molecular weight is 366 g/mol. The second kappa shape index (κ2) is 6.46. The van der Waals surface area contributed by atoms with E-state index >= 15 is 0 Å². The summed E-state index contributed by atoms with van der Waals surface area (Å²) >= 11 is 0. The SMILES string of the molecule is CC1=CN2CCS(=O)(=O)N=C2C(c2ccc(Oc3ccccc3)cc2)=C1. The van der Waals surface area contributed by atoms with Crippen LogP contribution in [-0.2, 0) is 10.0 Å². The smallest absolute Gasteiger partial charge is 0.256 e. The highest BCUT2D eigenvalue weighted by molar-refractivity contribution is 7.90. The van der Waals surface area contributed by atoms with Gasteiger partial charge in [0.25, 0.3) is 10.0 Å². The molecule has 5 nitrogen and oxygen atoms in total. The number of amidine groups is 1. The van der Waals surface area contributed by atoms with E-state index in [0.717, 1.165) is 28.2 Å². The van der Waals surface area contributed by atoms with Gasteiger partial charge in [0.2, 0.25) is 0 Å². The van der Waals surface area contributed by atoms with Crippen molar-refractivity contribution in [1.82, 2.24) is 4.90 Å². The number of nitrogens with zero attached hydrogens (tertiary/aromatic N) is 2. The van der Waals surface area contributed by atoms with Gasteiger partial charge in [0, 0.05) is 18.3 Å². The van der Waals surface area contributed by atoms with Gasteiger partial charge in [-0.05, 0) is 48.4 Å². The summed E-state index contributed by atoms with van der Waals surface area (Å²) in [7, 11) is -3.41. The van der Waals surface area contributed by atoms with E-state index in [2.05, 4.69) is 4.40 Å². The van der Waals surface area contributed by atoms with Crippen LogP contribution in [-0.4, -0.2) is 31.5 Å². The number of para-hydroxylation sites is 1. The molecular formula is C20H18N2O3S. The lowest BCUT2D eigenvalue weighted by Gasteiger charge is -2.30. The molecule has 0 unspecified atom stereocenters. The number of sulfonamides is 1. The van der Waals surface area contributed by atoms with Gasteiger partial charge in [0.1, 0.15) is 11.5 Å². The molecule has 0 bridgehead atoms. The van der Waals surface area contributed by atoms with E-state index in [1.807, 2.05) is 78.7 Å². The van der Waals surface area contributed by atoms with Gasteiger partial charge in [0.05, 0.1) is 5.75 Å². The van der Waals surface area contributed by atoms with Crippen molar-refractivity contribution in [2.45, 2.75) is 6.92 Å². The number of benzene rings is 2. The molecule has 0 amide bonds. The van der Waals surface area contributed by atoms with Crippen LogP contribution in [0.5, 0.6) is 11.5 Å². The van der Waals surface area contributed by atoms with Gasteiger partial charge in [0.15, 0.2) is 5.84 Å². The lowest BCUT2D eigenvalue weighted by Crippen LogP contribution is -2.38. The molecule has 2 aliphatic rings. The third kappa shape index (κ3) is 3.41. The van der Waals surface area contributed by atoms with Gasteiger partial charge >= 0.3 is 0 Å². The predicted molar refractivity (Wildman–Crippen MR) is 103 cm³/mol. The van der Waals surface area contributed by atoms with Crippen molar-refractivity contribution >= 4 is 21.4 Å². The molecular weight excluding hydrogens is 348 g/mol. The topological polar surface area (TPSA) is 59.0 Å². The molecule has 2 aromatic carbocycles. The summed E-state index contributed by atoms with van der Waals surface area (Å²) in [5.74, 6) is 2.01. The lowest BCUT2D eigenvalue weighted by molar-refractivity contribution is 0.482. The lowest BCUT2D eigenvalue weighted by atomic mass is 9.99. The molecule has 0 aromatic heterocycles. The zero-order chi connectivity index (χ0) is 18.1. The molecule has 2 heterocycles. The second-order valence-corrected chi connectivity index (χ2v) is 8.02. The number of allylic oxidation sites excluding steroid dienone is 2. The summed E-state index contributed by atoms with van der Waals surface area (Å²) in [6, 6.07) is 17.2. The summed E-state index contributed by atoms with van der Waals surface area (Å²) < 4.78 is 33.7. The Hall–Kier alpha value is -2.86. The van der Waals surface area contributed by atoms with Crippen LogP contribution in [0.3, 0.4) is 0 Å². The minimum Gasteiger partial charge on any atom is -0.457 e. The fourth-order valence-corrected chi connectivity index (χ4v) is 3.98. The molecule has 0 radical (unpaired) electrons. The standard InChI is InChI=1S/C20H18N2O3S/c1-15-13-19(20-21-26(23,24)12-11-22(20)14-15)16-7-9-18(10-8-16)25-17-5-3-2-4-6-17/h2-10,13-14H,11-12H2,1H3. The van der Waals surface area contributed by atoms with Crippen LogP contribution in [0.25, 0.3) is 5.57 Å². The Bertz CT molecular complexity index is 1020. The highest BCUT2D eigenvalue weighted by atomic mass is 32.2. The molecule has 4 rings (SSSR count). The molecule has 0 fully saturated rings. The van der Waals surface area contributed by atoms with Crippen molar-refractivity contribution in [3.8, 4) is 11.5 Å². The first-order valence-corrected chi connectivity index (χ1v) is 9.94. The van der Waals surface area contributed by atoms with Gasteiger partial charge in [-0.25, -0.2) is 8.42 Å². The summed E-state index contributed by atoms with van der Waals surface area (Å²) in [6.07, 6.45) is 3.90. The van der Waals surface area contributed by atoms with Crippen LogP contribution in [0, 0.1) is 0 Å². The molecule has 0 aliphatic carbocycles. The molecule has 2 aromatic rings. The number of fused-ring (bicyclic) bond motifs is 1. The quantitative estimate of drug-likeness (QED) is 0.828. The molecule has 2 aliphatic heterocycles. The Kier molecular flexibility index (Phi) is 4.12. The van der Waals surface area contributed by atoms with Crippen molar-refractivity contribution in [1.29, 1.82) is 0 Å². The normalized spacial score (nSPS) is 18.3. The molecule has 0 saturated carbocycles. The van der Waals surface area contributed by atoms with Gasteiger partial charge in [-0.3, -0.25) is 0 Å². The van der Waals surface area contributed by atoms with E-state index in [9.17, 15) is 8.42 Å². The van der Waals surface area contributed by atoms with Crippen LogP contribution in [0.2, 0.25) is 0 Å². The maximum absolute atomic E-state index is 11.9. The molecule has 6 heteroatoms. The molecule has 0 spiro atoms. The Morgan fingerprint density at radius 2 is 1.69 bits per heavy atom. The van der Waals surface area contributed by atoms with Gasteiger partial charge in [-0.1, -0.05) is 30.3 Å². The van der Waals surface area contributed by atoms with E-state index in [1.165, 1.54) is 0 Å². The maximum atomic E-state index is 11.9. The van der Waals surface area contributed by atoms with Crippen LogP contribution >= 0.6 is 0 Å². The first-order chi connectivity index (χ1) is 12.5. The van der Waals surface area contributed by atoms with Crippen molar-refractivity contribution in [3.05, 3.63) is 78.0 Å². The van der Waals surface area contributed by atoms with Gasteiger partial charge in [-0.15, -0.1) is 4.40 Å². The average Bonchev–Trinajstić information content (AvgIpc) is 2.63. The third-order valence-corrected chi connectivity index (χ3v) is 5.35. The predicted octanol–water partition coefficient (Wildman–Crippen LogP) is 3.82. The summed E-state index contributed by atoms with van der Waals surface area (Å²) in [5, 5.41) is 0. The van der Waals surface area contributed by atoms with Crippen LogP contribution < -0.4 is 4.74 Å². The van der Waals surface area contributed by atoms with Crippen LogP contribution in [0.15, 0.2) is 76.8 Å². The third-order valence-electron chi connectivity index (χ3n) is 4.20. The fraction of sp³-hybridized carbons (Fsp3) is 0.150. The highest BCUT2D eigenvalue weighted by Crippen LogP contribution is 2.30. The number of hydrogen-bond acceptors (Lipinski definition) is 4. The monoisotopic (exact) mass is 366 g/mol. The first-order valence-electron chi connectivity index (χ1n) is 8.33. The van der Waals surface area contributed by atoms with Crippen molar-refractivity contribution in [2.24, 2.45) is 4.40 Å². The Morgan fingerprint density at radius 1 is 1.00 bits per heavy atom. The van der Waals surface area contributed by atoms with Crippen LogP contribution in [0.4, 0.5) is 0 Å². The minimum absolute atomic E-state index is 0.0391. The molecule has 0 saturated heterocycles. The van der Waals surface area contributed by atoms with Crippen molar-refractivity contribution in [2.75, 3.05) is 12.3 Å². The van der Waals surface area contributed by atoms with Gasteiger partial charge < -0.3 is 9.64 Å². The Labute approximate surface area is 153 Å². The minimum atomic E-state index is -3.41. The maximum Gasteiger partial charge on any atom is 0.256 e. The van der Waals surface area contributed by atoms with Gasteiger partial charge in [-0.2, -0.15) is 0 Å². The fourth-order valence-electron chi connectivity index (χ4n) is 2.99. The first kappa shape index (κ1) is 16.6. The van der Waals surface area contributed by atoms with E-state index in [-0.39, 0.29) is 5.75 Å². The summed E-state index contributed by atoms with van der Waals surface area (Å²) in [4.78, 5) is 1.90. The highest BCUT2D eigenvalue weighted by Gasteiger charge is 2.28. The molecule has 132 valence electrons. The van der Waals surface area contributed by atoms with E-state index in [4.69, 9.17) is 4.74 Å². The second-order valence-electron chi connectivity index (χ2n) is 6.26. The Balaban J connectivity index is 1.66. The zero-order valence-corrected chi connectivity index (χ0v) is 15.1. The van der Waals surface area contributed by atoms with Crippen molar-refractivity contribution in [3.63, 3.8) is 0 Å². The van der Waals surface area contributed by atoms with E-state index < -0.39 is 10.0 Å². The van der Waals surface area contributed by atoms with E-state index in [1.54, 1.807) is 0 Å². The molecule has 26 heavy (non-hydrogen) atoms. The largest absolute Gasteiger partial charge is 0.457 e. The van der Waals surface area contributed by atoms with Crippen molar-refractivity contribution < 1.29 is 13.2 Å². The molecule has 0 N–H and O–H groups in total. The zero-order valence-electron chi connectivity index (χ0n) is 14.3. The number of hydrogen-bond donors (Lipinski definition) is 0. The number of rotatable bonds is 3.